The van der Waals surface area contributed by atoms with Gasteiger partial charge in [0.05, 0.1) is 19.3 Å². The van der Waals surface area contributed by atoms with Gasteiger partial charge >= 0.3 is 0 Å². The Hall–Kier alpha value is -1.83. The molecule has 0 bridgehead atoms. The molecule has 0 aliphatic rings. The molecule has 0 aliphatic heterocycles. The van der Waals surface area contributed by atoms with Gasteiger partial charge in [-0.3, -0.25) is 9.69 Å². The van der Waals surface area contributed by atoms with E-state index in [1.807, 2.05) is 11.9 Å². The first-order valence-electron chi connectivity index (χ1n) is 6.50. The van der Waals surface area contributed by atoms with Gasteiger partial charge in [0.25, 0.3) is 0 Å². The fourth-order valence-corrected chi connectivity index (χ4v) is 2.87. The molecule has 0 saturated carbocycles. The minimum absolute atomic E-state index is 0.152. The number of nitrogens with zero attached hydrogens (tertiary/aromatic N) is 2. The highest BCUT2D eigenvalue weighted by Crippen LogP contribution is 2.27. The molecule has 0 saturated heterocycles. The van der Waals surface area contributed by atoms with Crippen LogP contribution in [0.3, 0.4) is 0 Å². The second-order valence-corrected chi connectivity index (χ2v) is 6.31. The zero-order valence-corrected chi connectivity index (χ0v) is 13.9. The van der Waals surface area contributed by atoms with E-state index in [0.717, 1.165) is 4.88 Å². The lowest BCUT2D eigenvalue weighted by atomic mass is 10.3. The third-order valence-corrected chi connectivity index (χ3v) is 3.89. The molecule has 1 aromatic heterocycles. The van der Waals surface area contributed by atoms with Crippen LogP contribution in [0.1, 0.15) is 4.88 Å². The van der Waals surface area contributed by atoms with Crippen molar-refractivity contribution in [3.05, 3.63) is 34.3 Å². The third kappa shape index (κ3) is 4.59. The largest absolute Gasteiger partial charge is 0.495 e. The molecule has 0 aliphatic carbocycles. The molecule has 2 aromatic rings. The van der Waals surface area contributed by atoms with Crippen LogP contribution in [0.4, 0.5) is 10.8 Å². The number of nitrogens with one attached hydrogen (secondary N) is 1. The van der Waals surface area contributed by atoms with Crippen LogP contribution in [0.5, 0.6) is 5.75 Å². The van der Waals surface area contributed by atoms with E-state index < -0.39 is 0 Å². The van der Waals surface area contributed by atoms with E-state index in [9.17, 15) is 4.79 Å². The monoisotopic (exact) mass is 340 g/mol. The van der Waals surface area contributed by atoms with Crippen LogP contribution in [0.15, 0.2) is 24.4 Å². The summed E-state index contributed by atoms with van der Waals surface area (Å²) in [5.41, 5.74) is 6.14. The highest BCUT2D eigenvalue weighted by Gasteiger charge is 2.12. The summed E-state index contributed by atoms with van der Waals surface area (Å²) in [7, 11) is 3.39. The summed E-state index contributed by atoms with van der Waals surface area (Å²) in [5.74, 6) is 0.413. The number of likely N-dealkylation sites (N-methyl/N-ethyl adjacent to an activating group) is 1. The van der Waals surface area contributed by atoms with E-state index in [1.165, 1.54) is 11.3 Å². The average Bonchev–Trinajstić information content (AvgIpc) is 2.83. The van der Waals surface area contributed by atoms with Crippen molar-refractivity contribution >= 4 is 39.7 Å². The maximum absolute atomic E-state index is 12.1. The molecule has 0 spiro atoms. The molecule has 8 heteroatoms. The number of thiazole rings is 1. The predicted molar refractivity (Wildman–Crippen MR) is 89.5 cm³/mol. The number of aromatic nitrogens is 1. The molecule has 1 heterocycles. The fourth-order valence-electron chi connectivity index (χ4n) is 1.93. The van der Waals surface area contributed by atoms with Gasteiger partial charge in [0.1, 0.15) is 5.75 Å². The summed E-state index contributed by atoms with van der Waals surface area (Å²) in [5, 5.41) is 3.85. The Morgan fingerprint density at radius 1 is 1.55 bits per heavy atom. The first-order chi connectivity index (χ1) is 10.5. The number of hydrogen-bond acceptors (Lipinski definition) is 6. The molecule has 118 valence electrons. The SMILES string of the molecule is COc1ccc(Cl)cc1NC(=O)CN(C)Cc1cnc(N)s1. The first-order valence-corrected chi connectivity index (χ1v) is 7.69. The van der Waals surface area contributed by atoms with E-state index in [4.69, 9.17) is 22.1 Å². The third-order valence-electron chi connectivity index (χ3n) is 2.85. The number of methoxy groups -OCH3 is 1. The van der Waals surface area contributed by atoms with E-state index in [0.29, 0.717) is 28.1 Å². The number of benzene rings is 1. The predicted octanol–water partition coefficient (Wildman–Crippen LogP) is 2.46. The number of anilines is 2. The van der Waals surface area contributed by atoms with Gasteiger partial charge in [-0.2, -0.15) is 0 Å². The summed E-state index contributed by atoms with van der Waals surface area (Å²) < 4.78 is 5.20. The van der Waals surface area contributed by atoms with E-state index in [1.54, 1.807) is 31.5 Å². The van der Waals surface area contributed by atoms with Gasteiger partial charge in [0, 0.05) is 22.6 Å². The number of ether oxygens (including phenoxy) is 1. The Balaban J connectivity index is 1.93. The number of carbonyl (C=O) groups excluding carboxylic acids is 1. The van der Waals surface area contributed by atoms with Crippen LogP contribution in [0, 0.1) is 0 Å². The molecule has 22 heavy (non-hydrogen) atoms. The summed E-state index contributed by atoms with van der Waals surface area (Å²) >= 11 is 7.35. The second kappa shape index (κ2) is 7.44. The van der Waals surface area contributed by atoms with E-state index in [-0.39, 0.29) is 12.5 Å². The van der Waals surface area contributed by atoms with Crippen molar-refractivity contribution < 1.29 is 9.53 Å². The number of rotatable bonds is 6. The summed E-state index contributed by atoms with van der Waals surface area (Å²) in [6, 6.07) is 5.07. The zero-order valence-electron chi connectivity index (χ0n) is 12.3. The van der Waals surface area contributed by atoms with E-state index in [2.05, 4.69) is 10.3 Å². The van der Waals surface area contributed by atoms with Gasteiger partial charge in [-0.15, -0.1) is 11.3 Å². The van der Waals surface area contributed by atoms with Gasteiger partial charge in [-0.05, 0) is 25.2 Å². The molecular formula is C14H17ClN4O2S. The molecule has 0 unspecified atom stereocenters. The zero-order chi connectivity index (χ0) is 16.1. The number of nitrogen functional groups attached to an aromatic ring is 1. The molecule has 0 radical (unpaired) electrons. The molecule has 2 rings (SSSR count). The van der Waals surface area contributed by atoms with Crippen molar-refractivity contribution in [2.24, 2.45) is 0 Å². The highest BCUT2D eigenvalue weighted by molar-refractivity contribution is 7.15. The van der Waals surface area contributed by atoms with Gasteiger partial charge in [-0.1, -0.05) is 11.6 Å². The molecule has 1 amide bonds. The van der Waals surface area contributed by atoms with Gasteiger partial charge < -0.3 is 15.8 Å². The average molecular weight is 341 g/mol. The van der Waals surface area contributed by atoms with Crippen molar-refractivity contribution in [3.63, 3.8) is 0 Å². The number of amides is 1. The van der Waals surface area contributed by atoms with Crippen molar-refractivity contribution in [2.45, 2.75) is 6.54 Å². The summed E-state index contributed by atoms with van der Waals surface area (Å²) in [4.78, 5) is 19.0. The maximum atomic E-state index is 12.1. The van der Waals surface area contributed by atoms with E-state index >= 15 is 0 Å². The Bertz CT molecular complexity index is 662. The number of halogens is 1. The molecule has 3 N–H and O–H groups in total. The number of carbonyl (C=O) groups is 1. The van der Waals surface area contributed by atoms with Crippen LogP contribution in [-0.4, -0.2) is 36.5 Å². The van der Waals surface area contributed by atoms with Crippen LogP contribution in [0.25, 0.3) is 0 Å². The van der Waals surface area contributed by atoms with Crippen molar-refractivity contribution in [1.82, 2.24) is 9.88 Å². The minimum atomic E-state index is -0.152. The lowest BCUT2D eigenvalue weighted by molar-refractivity contribution is -0.117. The lowest BCUT2D eigenvalue weighted by Crippen LogP contribution is -2.29. The Morgan fingerprint density at radius 2 is 2.32 bits per heavy atom. The molecule has 0 atom stereocenters. The van der Waals surface area contributed by atoms with Gasteiger partial charge in [-0.25, -0.2) is 4.98 Å². The van der Waals surface area contributed by atoms with Crippen LogP contribution < -0.4 is 15.8 Å². The minimum Gasteiger partial charge on any atom is -0.495 e. The molecule has 6 nitrogen and oxygen atoms in total. The highest BCUT2D eigenvalue weighted by atomic mass is 35.5. The summed E-state index contributed by atoms with van der Waals surface area (Å²) in [6.45, 7) is 0.836. The Kier molecular flexibility index (Phi) is 5.59. The van der Waals surface area contributed by atoms with Crippen molar-refractivity contribution in [2.75, 3.05) is 31.8 Å². The smallest absolute Gasteiger partial charge is 0.238 e. The Labute approximate surface area is 137 Å². The van der Waals surface area contributed by atoms with Crippen LogP contribution >= 0.6 is 22.9 Å². The fraction of sp³-hybridized carbons (Fsp3) is 0.286. The van der Waals surface area contributed by atoms with Gasteiger partial charge in [0.15, 0.2) is 5.13 Å². The van der Waals surface area contributed by atoms with Crippen LogP contribution in [0.2, 0.25) is 5.02 Å². The normalized spacial score (nSPS) is 10.7. The maximum Gasteiger partial charge on any atom is 0.238 e. The van der Waals surface area contributed by atoms with Gasteiger partial charge in [0.2, 0.25) is 5.91 Å². The van der Waals surface area contributed by atoms with Crippen molar-refractivity contribution in [3.8, 4) is 5.75 Å². The van der Waals surface area contributed by atoms with Crippen molar-refractivity contribution in [1.29, 1.82) is 0 Å². The standard InChI is InChI=1S/C14H17ClN4O2S/c1-19(7-10-6-17-14(16)22-10)8-13(20)18-11-5-9(15)3-4-12(11)21-2/h3-6H,7-8H2,1-2H3,(H2,16,17)(H,18,20). The number of hydrogen-bond donors (Lipinski definition) is 2. The number of nitrogens with two attached hydrogens (primary N) is 1. The molecule has 1 aromatic carbocycles. The Morgan fingerprint density at radius 3 is 2.95 bits per heavy atom. The van der Waals surface area contributed by atoms with Crippen LogP contribution in [-0.2, 0) is 11.3 Å². The molecular weight excluding hydrogens is 324 g/mol. The molecule has 0 fully saturated rings. The first kappa shape index (κ1) is 16.5. The summed E-state index contributed by atoms with van der Waals surface area (Å²) in [6.07, 6.45) is 1.72. The topological polar surface area (TPSA) is 80.5 Å². The second-order valence-electron chi connectivity index (χ2n) is 4.73. The quantitative estimate of drug-likeness (QED) is 0.844. The lowest BCUT2D eigenvalue weighted by Gasteiger charge is -2.16.